The second-order valence-electron chi connectivity index (χ2n) is 6.33. The third kappa shape index (κ3) is 6.48. The van der Waals surface area contributed by atoms with Crippen molar-refractivity contribution in [3.63, 3.8) is 0 Å². The molecule has 4 N–H and O–H groups in total. The lowest BCUT2D eigenvalue weighted by atomic mass is 9.84. The summed E-state index contributed by atoms with van der Waals surface area (Å²) in [6, 6.07) is 1.67. The Bertz CT molecular complexity index is 700. The molecule has 1 heterocycles. The molecule has 1 aromatic rings. The second kappa shape index (κ2) is 11.4. The molecule has 1 aliphatic heterocycles. The van der Waals surface area contributed by atoms with Crippen LogP contribution in [-0.4, -0.2) is 56.9 Å². The van der Waals surface area contributed by atoms with E-state index in [-0.39, 0.29) is 42.5 Å². The normalized spacial score (nSPS) is 19.1. The maximum Gasteiger partial charge on any atom is 0.243 e. The maximum absolute atomic E-state index is 13.6. The molecule has 1 aliphatic rings. The highest BCUT2D eigenvalue weighted by Crippen LogP contribution is 2.31. The zero-order chi connectivity index (χ0) is 19.9. The minimum Gasteiger partial charge on any atom is -0.396 e. The average molecular weight is 516 g/mol. The van der Waals surface area contributed by atoms with E-state index in [0.29, 0.717) is 32.1 Å². The Morgan fingerprint density at radius 1 is 1.29 bits per heavy atom. The largest absolute Gasteiger partial charge is 0.396 e. The smallest absolute Gasteiger partial charge is 0.243 e. The van der Waals surface area contributed by atoms with E-state index in [1.807, 2.05) is 0 Å². The summed E-state index contributed by atoms with van der Waals surface area (Å²) < 4.78 is 45.1. The van der Waals surface area contributed by atoms with E-state index in [9.17, 15) is 23.1 Å². The number of hydrogen-bond donors (Lipinski definition) is 4. The van der Waals surface area contributed by atoms with Crippen LogP contribution in [-0.2, 0) is 9.53 Å². The lowest BCUT2D eigenvalue weighted by Gasteiger charge is -2.27. The van der Waals surface area contributed by atoms with Gasteiger partial charge in [0.1, 0.15) is 0 Å². The number of benzene rings is 1. The number of nitrogens with zero attached hydrogens (tertiary/aromatic N) is 1. The Balaban J connectivity index is 0.00000392. The number of nitrogens with one attached hydrogen (secondary N) is 3. The van der Waals surface area contributed by atoms with Gasteiger partial charge in [-0.2, -0.15) is 0 Å². The number of aliphatic imine (C=N–C) groups is 1. The van der Waals surface area contributed by atoms with E-state index in [4.69, 9.17) is 4.74 Å². The molecule has 0 bridgehead atoms. The number of carbonyl (C=O) groups is 1. The van der Waals surface area contributed by atoms with Gasteiger partial charge in [-0.3, -0.25) is 9.79 Å². The van der Waals surface area contributed by atoms with Crippen molar-refractivity contribution in [3.05, 3.63) is 29.6 Å². The van der Waals surface area contributed by atoms with Crippen LogP contribution >= 0.6 is 24.0 Å². The molecule has 1 unspecified atom stereocenters. The Hall–Kier alpha value is -1.60. The molecule has 7 nitrogen and oxygen atoms in total. The zero-order valence-electron chi connectivity index (χ0n) is 15.4. The summed E-state index contributed by atoms with van der Waals surface area (Å²) in [4.78, 5) is 15.9. The van der Waals surface area contributed by atoms with Gasteiger partial charge < -0.3 is 25.8 Å². The Morgan fingerprint density at radius 2 is 2.04 bits per heavy atom. The van der Waals surface area contributed by atoms with Crippen LogP contribution < -0.4 is 16.0 Å². The van der Waals surface area contributed by atoms with Crippen molar-refractivity contribution >= 4 is 41.5 Å². The fourth-order valence-electron chi connectivity index (χ4n) is 2.78. The fourth-order valence-corrected chi connectivity index (χ4v) is 2.78. The number of hydrogen-bond acceptors (Lipinski definition) is 4. The predicted octanol–water partition coefficient (Wildman–Crippen LogP) is 1.61. The number of amides is 1. The molecule has 0 saturated carbocycles. The number of ether oxygens (including phenoxy) is 1. The van der Waals surface area contributed by atoms with Crippen molar-refractivity contribution in [2.24, 2.45) is 10.4 Å². The molecular formula is C17H24F3IN4O3. The number of rotatable bonds is 7. The van der Waals surface area contributed by atoms with Crippen LogP contribution in [0.15, 0.2) is 17.1 Å². The van der Waals surface area contributed by atoms with Crippen molar-refractivity contribution in [3.8, 4) is 0 Å². The van der Waals surface area contributed by atoms with Gasteiger partial charge in [0.15, 0.2) is 23.4 Å². The molecule has 1 atom stereocenters. The summed E-state index contributed by atoms with van der Waals surface area (Å²) in [5.41, 5.74) is -0.655. The third-order valence-corrected chi connectivity index (χ3v) is 4.41. The quantitative estimate of drug-likeness (QED) is 0.191. The zero-order valence-corrected chi connectivity index (χ0v) is 17.7. The summed E-state index contributed by atoms with van der Waals surface area (Å²) in [7, 11) is 1.52. The van der Waals surface area contributed by atoms with Gasteiger partial charge >= 0.3 is 0 Å². The first-order valence-electron chi connectivity index (χ1n) is 8.47. The van der Waals surface area contributed by atoms with Gasteiger partial charge in [-0.25, -0.2) is 13.2 Å². The highest BCUT2D eigenvalue weighted by atomic mass is 127. The minimum absolute atomic E-state index is 0. The SMILES string of the molecule is CN=C(NCC(=O)Nc1ccc(F)c(F)c1F)NCC1(CCO)CCOC1.I. The molecule has 2 rings (SSSR count). The molecule has 11 heteroatoms. The highest BCUT2D eigenvalue weighted by Gasteiger charge is 2.34. The molecule has 1 saturated heterocycles. The van der Waals surface area contributed by atoms with E-state index in [1.54, 1.807) is 0 Å². The van der Waals surface area contributed by atoms with Crippen LogP contribution in [0.2, 0.25) is 0 Å². The molecule has 1 aromatic carbocycles. The monoisotopic (exact) mass is 516 g/mol. The Kier molecular flexibility index (Phi) is 9.96. The summed E-state index contributed by atoms with van der Waals surface area (Å²) in [6.45, 7) is 1.41. The molecule has 1 fully saturated rings. The van der Waals surface area contributed by atoms with Gasteiger partial charge in [0, 0.05) is 32.2 Å². The van der Waals surface area contributed by atoms with Crippen molar-refractivity contribution in [1.82, 2.24) is 10.6 Å². The van der Waals surface area contributed by atoms with E-state index in [2.05, 4.69) is 20.9 Å². The molecule has 0 spiro atoms. The minimum atomic E-state index is -1.65. The number of guanidine groups is 1. The van der Waals surface area contributed by atoms with Crippen molar-refractivity contribution in [1.29, 1.82) is 0 Å². The van der Waals surface area contributed by atoms with Gasteiger partial charge in [0.2, 0.25) is 5.91 Å². The van der Waals surface area contributed by atoms with Gasteiger partial charge in [0.05, 0.1) is 18.8 Å². The third-order valence-electron chi connectivity index (χ3n) is 4.41. The van der Waals surface area contributed by atoms with E-state index in [0.717, 1.165) is 18.6 Å². The Labute approximate surface area is 178 Å². The van der Waals surface area contributed by atoms with Crippen LogP contribution in [0, 0.1) is 22.9 Å². The van der Waals surface area contributed by atoms with Crippen LogP contribution in [0.4, 0.5) is 18.9 Å². The van der Waals surface area contributed by atoms with Crippen LogP contribution in [0.5, 0.6) is 0 Å². The first kappa shape index (κ1) is 24.4. The number of halogens is 4. The average Bonchev–Trinajstić information content (AvgIpc) is 3.11. The van der Waals surface area contributed by atoms with Crippen LogP contribution in [0.3, 0.4) is 0 Å². The summed E-state index contributed by atoms with van der Waals surface area (Å²) in [5, 5.41) is 17.2. The molecule has 158 valence electrons. The topological polar surface area (TPSA) is 95.0 Å². The number of aliphatic hydroxyl groups is 1. The lowest BCUT2D eigenvalue weighted by Crippen LogP contribution is -2.46. The van der Waals surface area contributed by atoms with Gasteiger partial charge in [-0.05, 0) is 25.0 Å². The molecular weight excluding hydrogens is 492 g/mol. The molecule has 0 radical (unpaired) electrons. The Morgan fingerprint density at radius 3 is 2.64 bits per heavy atom. The van der Waals surface area contributed by atoms with Crippen LogP contribution in [0.25, 0.3) is 0 Å². The number of aliphatic hydroxyl groups excluding tert-OH is 1. The first-order valence-corrected chi connectivity index (χ1v) is 8.47. The standard InChI is InChI=1S/C17H23F3N4O3.HI/c1-21-16(23-9-17(4-6-25)5-7-27-10-17)22-8-13(26)24-12-3-2-11(18)14(19)15(12)20;/h2-3,25H,4-10H2,1H3,(H,24,26)(H2,21,22,23);1H. The molecule has 28 heavy (non-hydrogen) atoms. The van der Waals surface area contributed by atoms with Crippen LogP contribution in [0.1, 0.15) is 12.8 Å². The van der Waals surface area contributed by atoms with Gasteiger partial charge in [0.25, 0.3) is 0 Å². The first-order chi connectivity index (χ1) is 12.9. The van der Waals surface area contributed by atoms with E-state index < -0.39 is 29.0 Å². The maximum atomic E-state index is 13.6. The number of anilines is 1. The highest BCUT2D eigenvalue weighted by molar-refractivity contribution is 14.0. The second-order valence-corrected chi connectivity index (χ2v) is 6.33. The molecule has 0 aromatic heterocycles. The fraction of sp³-hybridized carbons (Fsp3) is 0.529. The van der Waals surface area contributed by atoms with Crippen molar-refractivity contribution in [2.75, 3.05) is 45.3 Å². The number of carbonyl (C=O) groups excluding carboxylic acids is 1. The lowest BCUT2D eigenvalue weighted by molar-refractivity contribution is -0.115. The van der Waals surface area contributed by atoms with Crippen molar-refractivity contribution < 1.29 is 27.8 Å². The predicted molar refractivity (Wildman–Crippen MR) is 109 cm³/mol. The van der Waals surface area contributed by atoms with E-state index >= 15 is 0 Å². The van der Waals surface area contributed by atoms with E-state index in [1.165, 1.54) is 7.05 Å². The molecule has 0 aliphatic carbocycles. The van der Waals surface area contributed by atoms with Crippen molar-refractivity contribution in [2.45, 2.75) is 12.8 Å². The summed E-state index contributed by atoms with van der Waals surface area (Å²) in [5.74, 6) is -4.76. The van der Waals surface area contributed by atoms with Gasteiger partial charge in [-0.15, -0.1) is 24.0 Å². The summed E-state index contributed by atoms with van der Waals surface area (Å²) in [6.07, 6.45) is 1.38. The summed E-state index contributed by atoms with van der Waals surface area (Å²) >= 11 is 0. The molecule has 1 amide bonds. The van der Waals surface area contributed by atoms with Gasteiger partial charge in [-0.1, -0.05) is 0 Å².